The van der Waals surface area contributed by atoms with E-state index in [9.17, 15) is 27.5 Å². The third kappa shape index (κ3) is 4.99. The first-order chi connectivity index (χ1) is 18.0. The van der Waals surface area contributed by atoms with E-state index in [0.717, 1.165) is 34.5 Å². The maximum absolute atomic E-state index is 13.4. The molecule has 0 saturated heterocycles. The number of rotatable bonds is 7. The smallest absolute Gasteiger partial charge is 0.389 e. The van der Waals surface area contributed by atoms with Gasteiger partial charge in [-0.2, -0.15) is 18.3 Å². The normalized spacial score (nSPS) is 22.5. The van der Waals surface area contributed by atoms with Crippen LogP contribution < -0.4 is 5.32 Å². The number of halogens is 4. The van der Waals surface area contributed by atoms with Crippen molar-refractivity contribution in [1.29, 1.82) is 0 Å². The van der Waals surface area contributed by atoms with Crippen LogP contribution in [0.2, 0.25) is 0 Å². The van der Waals surface area contributed by atoms with E-state index in [1.54, 1.807) is 35.1 Å². The molecule has 38 heavy (non-hydrogen) atoms. The second kappa shape index (κ2) is 9.69. The molecule has 0 radical (unpaired) electrons. The molecule has 5 nitrogen and oxygen atoms in total. The Labute approximate surface area is 218 Å². The van der Waals surface area contributed by atoms with E-state index in [1.807, 2.05) is 17.4 Å². The highest BCUT2D eigenvalue weighted by Crippen LogP contribution is 2.56. The second-order valence-corrected chi connectivity index (χ2v) is 10.5. The highest BCUT2D eigenvalue weighted by Gasteiger charge is 2.54. The van der Waals surface area contributed by atoms with Crippen molar-refractivity contribution in [1.82, 2.24) is 15.1 Å². The molecule has 0 spiro atoms. The predicted molar refractivity (Wildman–Crippen MR) is 135 cm³/mol. The Hall–Kier alpha value is -3.46. The van der Waals surface area contributed by atoms with E-state index in [1.165, 1.54) is 12.1 Å². The number of hydrogen-bond donors (Lipinski definition) is 2. The summed E-state index contributed by atoms with van der Waals surface area (Å²) in [6.07, 6.45) is 2.12. The Kier molecular flexibility index (Phi) is 6.67. The van der Waals surface area contributed by atoms with Crippen molar-refractivity contribution in [3.05, 3.63) is 88.5 Å². The van der Waals surface area contributed by atoms with E-state index in [4.69, 9.17) is 0 Å². The third-order valence-electron chi connectivity index (χ3n) is 8.12. The van der Waals surface area contributed by atoms with Gasteiger partial charge in [-0.15, -0.1) is 0 Å². The number of aromatic nitrogens is 2. The Morgan fingerprint density at radius 3 is 2.55 bits per heavy atom. The van der Waals surface area contributed by atoms with Crippen LogP contribution in [0.5, 0.6) is 0 Å². The second-order valence-electron chi connectivity index (χ2n) is 10.5. The molecule has 1 amide bonds. The van der Waals surface area contributed by atoms with Gasteiger partial charge in [0.2, 0.25) is 5.91 Å². The predicted octanol–water partition coefficient (Wildman–Crippen LogP) is 5.34. The summed E-state index contributed by atoms with van der Waals surface area (Å²) in [5.41, 5.74) is 3.82. The molecule has 9 heteroatoms. The Morgan fingerprint density at radius 2 is 1.84 bits per heavy atom. The van der Waals surface area contributed by atoms with E-state index in [-0.39, 0.29) is 12.2 Å². The van der Waals surface area contributed by atoms with Crippen LogP contribution in [0.25, 0.3) is 11.8 Å². The zero-order valence-electron chi connectivity index (χ0n) is 21.0. The maximum Gasteiger partial charge on any atom is 0.405 e. The molecule has 0 aliphatic heterocycles. The molecule has 2 aliphatic rings. The van der Waals surface area contributed by atoms with E-state index < -0.39 is 29.6 Å². The van der Waals surface area contributed by atoms with Crippen LogP contribution in [0.15, 0.2) is 60.3 Å². The number of nitrogens with one attached hydrogen (secondary N) is 1. The first-order valence-electron chi connectivity index (χ1n) is 12.6. The fourth-order valence-corrected chi connectivity index (χ4v) is 5.87. The molecule has 2 aromatic carbocycles. The van der Waals surface area contributed by atoms with Gasteiger partial charge in [-0.05, 0) is 79.1 Å². The fourth-order valence-electron chi connectivity index (χ4n) is 5.87. The minimum absolute atomic E-state index is 0.154. The number of hydrogen-bond acceptors (Lipinski definition) is 3. The van der Waals surface area contributed by atoms with Crippen LogP contribution >= 0.6 is 0 Å². The summed E-state index contributed by atoms with van der Waals surface area (Å²) >= 11 is 0. The van der Waals surface area contributed by atoms with Gasteiger partial charge in [0.15, 0.2) is 0 Å². The van der Waals surface area contributed by atoms with Gasteiger partial charge in [0, 0.05) is 5.41 Å². The number of fused-ring (bicyclic) bond motifs is 2. The van der Waals surface area contributed by atoms with Crippen molar-refractivity contribution >= 4 is 12.0 Å². The molecule has 2 N–H and O–H groups in total. The van der Waals surface area contributed by atoms with Crippen molar-refractivity contribution < 1.29 is 27.5 Å². The highest BCUT2D eigenvalue weighted by molar-refractivity contribution is 5.79. The Bertz CT molecular complexity index is 1380. The lowest BCUT2D eigenvalue weighted by Crippen LogP contribution is -2.45. The summed E-state index contributed by atoms with van der Waals surface area (Å²) in [6, 6.07) is 13.3. The largest absolute Gasteiger partial charge is 0.405 e. The third-order valence-corrected chi connectivity index (χ3v) is 8.12. The average molecular weight is 528 g/mol. The molecule has 200 valence electrons. The molecule has 1 aromatic heterocycles. The van der Waals surface area contributed by atoms with Gasteiger partial charge < -0.3 is 10.4 Å². The van der Waals surface area contributed by atoms with Gasteiger partial charge in [-0.1, -0.05) is 36.8 Å². The fraction of sp³-hybridized carbons (Fsp3) is 0.379. The van der Waals surface area contributed by atoms with Crippen LogP contribution in [0, 0.1) is 11.2 Å². The summed E-state index contributed by atoms with van der Waals surface area (Å²) in [5.74, 6) is -1.01. The van der Waals surface area contributed by atoms with Gasteiger partial charge in [-0.25, -0.2) is 9.07 Å². The number of carbonyl (C=O) groups excluding carboxylic acids is 1. The molecule has 0 bridgehead atoms. The van der Waals surface area contributed by atoms with Crippen molar-refractivity contribution in [2.75, 3.05) is 6.54 Å². The summed E-state index contributed by atoms with van der Waals surface area (Å²) in [5, 5.41) is 18.4. The zero-order valence-corrected chi connectivity index (χ0v) is 21.0. The number of carbonyl (C=O) groups is 1. The molecular formula is C29H29F4N3O2. The Balaban J connectivity index is 1.32. The molecule has 0 unspecified atom stereocenters. The zero-order chi connectivity index (χ0) is 27.1. The van der Waals surface area contributed by atoms with Gasteiger partial charge in [-0.3, -0.25) is 4.79 Å². The van der Waals surface area contributed by atoms with E-state index >= 15 is 0 Å². The lowest BCUT2D eigenvalue weighted by atomic mass is 9.65. The Morgan fingerprint density at radius 1 is 1.13 bits per heavy atom. The summed E-state index contributed by atoms with van der Waals surface area (Å²) < 4.78 is 52.6. The minimum Gasteiger partial charge on any atom is -0.389 e. The summed E-state index contributed by atoms with van der Waals surface area (Å²) in [7, 11) is 0. The van der Waals surface area contributed by atoms with E-state index in [2.05, 4.69) is 18.1 Å². The van der Waals surface area contributed by atoms with Crippen LogP contribution in [-0.2, 0) is 24.1 Å². The van der Waals surface area contributed by atoms with Crippen LogP contribution in [0.3, 0.4) is 0 Å². The number of amides is 1. The molecule has 2 aliphatic carbocycles. The van der Waals surface area contributed by atoms with Gasteiger partial charge >= 0.3 is 6.18 Å². The molecule has 2 atom stereocenters. The molecule has 1 fully saturated rings. The molecule has 3 aromatic rings. The maximum atomic E-state index is 13.4. The lowest BCUT2D eigenvalue weighted by molar-refractivity contribution is -0.138. The van der Waals surface area contributed by atoms with Crippen LogP contribution in [-0.4, -0.2) is 39.1 Å². The van der Waals surface area contributed by atoms with Gasteiger partial charge in [0.05, 0.1) is 29.6 Å². The average Bonchev–Trinajstić information content (AvgIpc) is 3.38. The summed E-state index contributed by atoms with van der Waals surface area (Å²) in [4.78, 5) is 12.1. The number of alkyl halides is 3. The summed E-state index contributed by atoms with van der Waals surface area (Å²) in [6.45, 7) is 0.710. The van der Waals surface area contributed by atoms with Crippen molar-refractivity contribution in [3.8, 4) is 5.69 Å². The minimum atomic E-state index is -4.46. The first-order valence-corrected chi connectivity index (χ1v) is 12.6. The van der Waals surface area contributed by atoms with Gasteiger partial charge in [0.1, 0.15) is 12.4 Å². The number of benzene rings is 2. The van der Waals surface area contributed by atoms with Crippen molar-refractivity contribution in [2.45, 2.75) is 57.2 Å². The van der Waals surface area contributed by atoms with Gasteiger partial charge in [0.25, 0.3) is 0 Å². The molecular weight excluding hydrogens is 498 g/mol. The molecule has 5 rings (SSSR count). The van der Waals surface area contributed by atoms with Crippen molar-refractivity contribution in [2.24, 2.45) is 5.41 Å². The molecule has 1 heterocycles. The van der Waals surface area contributed by atoms with E-state index in [0.29, 0.717) is 31.2 Å². The number of nitrogens with zero attached hydrogens (tertiary/aromatic N) is 2. The monoisotopic (exact) mass is 527 g/mol. The first kappa shape index (κ1) is 26.2. The lowest BCUT2D eigenvalue weighted by Gasteiger charge is -2.42. The highest BCUT2D eigenvalue weighted by atomic mass is 19.4. The topological polar surface area (TPSA) is 67.1 Å². The quantitative estimate of drug-likeness (QED) is 0.408. The van der Waals surface area contributed by atoms with Crippen LogP contribution in [0.4, 0.5) is 17.6 Å². The number of aliphatic hydroxyl groups is 1. The SMILES string of the molecule is C[C@]12Cc3cnn(-c4ccc(F)cc4)c3C=C1CC[C@@]2(O)CCc1ccccc1CC(=O)NCC(F)(F)F. The van der Waals surface area contributed by atoms with Crippen molar-refractivity contribution in [3.63, 3.8) is 0 Å². The number of aryl methyl sites for hydroxylation is 1. The van der Waals surface area contributed by atoms with Crippen LogP contribution in [0.1, 0.15) is 48.6 Å². The standard InChI is InChI=1S/C29H29F4N3O2/c1-27-16-21-17-35-36(24-8-6-23(30)7-9-24)25(21)15-22(27)11-13-28(27,38)12-10-19-4-2-3-5-20(19)14-26(37)34-18-29(31,32)33/h2-9,15,17,38H,10-14,16,18H2,1H3,(H,34,37)/t27-,28-/m0/s1. The molecule has 1 saturated carbocycles.